The van der Waals surface area contributed by atoms with Crippen molar-refractivity contribution in [1.82, 2.24) is 10.6 Å². The average Bonchev–Trinajstić information content (AvgIpc) is 2.83. The summed E-state index contributed by atoms with van der Waals surface area (Å²) in [6.45, 7) is 2.59. The Kier molecular flexibility index (Phi) is 14.1. The molecule has 10 nitrogen and oxygen atoms in total. The van der Waals surface area contributed by atoms with Crippen LogP contribution in [0, 0.1) is 0 Å². The van der Waals surface area contributed by atoms with Crippen molar-refractivity contribution in [3.63, 3.8) is 0 Å². The number of carbonyl (C=O) groups excluding carboxylic acids is 2. The first-order valence-electron chi connectivity index (χ1n) is 10.5. The summed E-state index contributed by atoms with van der Waals surface area (Å²) >= 11 is 0. The lowest BCUT2D eigenvalue weighted by molar-refractivity contribution is -0.140. The van der Waals surface area contributed by atoms with Crippen LogP contribution in [0.1, 0.15) is 20.9 Å². The van der Waals surface area contributed by atoms with Gasteiger partial charge in [0.15, 0.2) is 6.04 Å². The van der Waals surface area contributed by atoms with Crippen LogP contribution in [0.15, 0.2) is 60.7 Å². The molecule has 0 spiro atoms. The maximum absolute atomic E-state index is 11.4. The van der Waals surface area contributed by atoms with Gasteiger partial charge in [-0.3, -0.25) is 0 Å². The van der Waals surface area contributed by atoms with Crippen LogP contribution in [0.5, 0.6) is 0 Å². The molecule has 2 aromatic rings. The van der Waals surface area contributed by atoms with Gasteiger partial charge >= 0.3 is 18.2 Å². The molecule has 0 unspecified atom stereocenters. The number of aliphatic carboxylic acids is 1. The predicted octanol–water partition coefficient (Wildman–Crippen LogP) is 3.45. The van der Waals surface area contributed by atoms with Crippen LogP contribution in [-0.2, 0) is 37.0 Å². The lowest BCUT2D eigenvalue weighted by Crippen LogP contribution is -2.43. The number of benzene rings is 2. The monoisotopic (exact) mass is 482 g/mol. The molecule has 0 fully saturated rings. The van der Waals surface area contributed by atoms with E-state index in [0.29, 0.717) is 6.61 Å². The van der Waals surface area contributed by atoms with Crippen molar-refractivity contribution in [2.45, 2.75) is 32.2 Å². The van der Waals surface area contributed by atoms with Crippen LogP contribution in [0.2, 0.25) is 0 Å². The molecule has 2 aromatic carbocycles. The van der Waals surface area contributed by atoms with Crippen molar-refractivity contribution in [1.29, 1.82) is 0 Å². The standard InChI is InChI=1S/C12H15NO5.C12H17NO3.2H2/c1-17-8-10(11(14)15)13-12(16)18-7-9-5-3-2-4-6-9;1-10(8-15-2)13-12(14)16-9-11-6-4-3-5-7-11;;/h2-6,10H,7-8H2,1H3,(H,13,16)(H,14,15);3-7,10H,8-9H2,1-2H3,(H,13,14);2*1H/t2*10-;;/m10../s1/i;;2*1+1. The third kappa shape index (κ3) is 13.0. The first kappa shape index (κ1) is 28.4. The van der Waals surface area contributed by atoms with Crippen LogP contribution in [0.25, 0.3) is 0 Å². The number of alkyl carbamates (subject to hydrolysis) is 2. The van der Waals surface area contributed by atoms with Crippen molar-refractivity contribution in [3.05, 3.63) is 71.8 Å². The summed E-state index contributed by atoms with van der Waals surface area (Å²) in [6, 6.07) is 17.5. The van der Waals surface area contributed by atoms with Crippen molar-refractivity contribution < 1.29 is 41.3 Å². The van der Waals surface area contributed by atoms with E-state index >= 15 is 0 Å². The molecule has 0 saturated carbocycles. The second-order valence-corrected chi connectivity index (χ2v) is 7.11. The Morgan fingerprint density at radius 3 is 1.65 bits per heavy atom. The highest BCUT2D eigenvalue weighted by molar-refractivity contribution is 5.80. The highest BCUT2D eigenvalue weighted by Crippen LogP contribution is 2.01. The van der Waals surface area contributed by atoms with Crippen molar-refractivity contribution in [3.8, 4) is 0 Å². The van der Waals surface area contributed by atoms with Gasteiger partial charge in [-0.2, -0.15) is 0 Å². The predicted molar refractivity (Wildman–Crippen MR) is 128 cm³/mol. The van der Waals surface area contributed by atoms with Crippen LogP contribution in [-0.4, -0.2) is 62.8 Å². The van der Waals surface area contributed by atoms with Crippen LogP contribution in [0.3, 0.4) is 0 Å². The summed E-state index contributed by atoms with van der Waals surface area (Å²) in [5, 5.41) is 13.7. The Hall–Kier alpha value is -3.63. The molecular weight excluding hydrogens is 444 g/mol. The molecule has 2 atom stereocenters. The van der Waals surface area contributed by atoms with Crippen LogP contribution in [0.4, 0.5) is 9.59 Å². The second kappa shape index (κ2) is 16.9. The Labute approximate surface area is 202 Å². The molecule has 2 amide bonds. The molecule has 34 heavy (non-hydrogen) atoms. The lowest BCUT2D eigenvalue weighted by atomic mass is 10.2. The molecule has 2 rings (SSSR count). The van der Waals surface area contributed by atoms with Gasteiger partial charge in [0.1, 0.15) is 13.2 Å². The molecule has 190 valence electrons. The third-order valence-electron chi connectivity index (χ3n) is 4.13. The molecule has 0 aromatic heterocycles. The van der Waals surface area contributed by atoms with E-state index in [1.54, 1.807) is 19.2 Å². The summed E-state index contributed by atoms with van der Waals surface area (Å²) in [7, 11) is 2.94. The van der Waals surface area contributed by atoms with Gasteiger partial charge in [-0.15, -0.1) is 0 Å². The lowest BCUT2D eigenvalue weighted by Gasteiger charge is -2.13. The molecule has 0 radical (unpaired) electrons. The van der Waals surface area contributed by atoms with Gasteiger partial charge in [0.05, 0.1) is 19.3 Å². The summed E-state index contributed by atoms with van der Waals surface area (Å²) in [5.41, 5.74) is 1.79. The van der Waals surface area contributed by atoms with E-state index in [2.05, 4.69) is 15.4 Å². The first-order chi connectivity index (χ1) is 16.3. The number of hydrogen-bond donors (Lipinski definition) is 3. The number of carboxylic acid groups (broad SMARTS) is 1. The third-order valence-corrected chi connectivity index (χ3v) is 4.13. The quantitative estimate of drug-likeness (QED) is 0.444. The Bertz CT molecular complexity index is 860. The number of carbonyl (C=O) groups is 3. The van der Waals surface area contributed by atoms with Crippen LogP contribution >= 0.6 is 0 Å². The van der Waals surface area contributed by atoms with E-state index in [9.17, 15) is 14.4 Å². The van der Waals surface area contributed by atoms with Crippen molar-refractivity contribution in [2.24, 2.45) is 0 Å². The van der Waals surface area contributed by atoms with E-state index in [4.69, 9.17) is 19.3 Å². The van der Waals surface area contributed by atoms with Gasteiger partial charge in [0.25, 0.3) is 0 Å². The van der Waals surface area contributed by atoms with Gasteiger partial charge in [-0.25, -0.2) is 14.4 Å². The highest BCUT2D eigenvalue weighted by atomic mass is 16.6. The summed E-state index contributed by atoms with van der Waals surface area (Å²) in [6.07, 6.45) is -1.21. The minimum absolute atomic E-state index is 0. The Morgan fingerprint density at radius 2 is 1.24 bits per heavy atom. The Balaban J connectivity index is 0. The molecule has 3 N–H and O–H groups in total. The fourth-order valence-electron chi connectivity index (χ4n) is 2.51. The number of hydrogen-bond acceptors (Lipinski definition) is 7. The SMILES string of the molecule is COC[C@@H](NC(=O)OCc1ccccc1)C(=O)O.COC[C@H](C)NC(=O)OCc1ccccc1.[2HH].[2HH]. The minimum Gasteiger partial charge on any atom is -0.480 e. The van der Waals surface area contributed by atoms with E-state index in [-0.39, 0.29) is 28.7 Å². The zero-order valence-corrected chi connectivity index (χ0v) is 19.6. The Morgan fingerprint density at radius 1 is 0.794 bits per heavy atom. The summed E-state index contributed by atoms with van der Waals surface area (Å²) < 4.78 is 19.5. The molecule has 10 heteroatoms. The second-order valence-electron chi connectivity index (χ2n) is 7.11. The maximum Gasteiger partial charge on any atom is 0.408 e. The minimum atomic E-state index is -1.17. The topological polar surface area (TPSA) is 132 Å². The van der Waals surface area contributed by atoms with Crippen molar-refractivity contribution in [2.75, 3.05) is 27.4 Å². The number of carboxylic acids is 1. The summed E-state index contributed by atoms with van der Waals surface area (Å²) in [4.78, 5) is 33.4. The van der Waals surface area contributed by atoms with E-state index in [1.807, 2.05) is 55.5 Å². The first-order valence-corrected chi connectivity index (χ1v) is 10.5. The van der Waals surface area contributed by atoms with Crippen LogP contribution < -0.4 is 10.6 Å². The fourth-order valence-corrected chi connectivity index (χ4v) is 2.51. The molecule has 0 heterocycles. The number of ether oxygens (including phenoxy) is 4. The van der Waals surface area contributed by atoms with Gasteiger partial charge in [0.2, 0.25) is 0 Å². The van der Waals surface area contributed by atoms with E-state index < -0.39 is 24.2 Å². The fraction of sp³-hybridized carbons (Fsp3) is 0.375. The number of rotatable bonds is 11. The largest absolute Gasteiger partial charge is 0.480 e. The maximum atomic E-state index is 11.4. The van der Waals surface area contributed by atoms with E-state index in [1.165, 1.54) is 7.11 Å². The van der Waals surface area contributed by atoms with Crippen molar-refractivity contribution >= 4 is 18.2 Å². The molecule has 0 saturated heterocycles. The van der Waals surface area contributed by atoms with Gasteiger partial charge < -0.3 is 34.7 Å². The zero-order valence-electron chi connectivity index (χ0n) is 19.6. The van der Waals surface area contributed by atoms with Gasteiger partial charge in [-0.1, -0.05) is 60.7 Å². The number of methoxy groups -OCH3 is 2. The smallest absolute Gasteiger partial charge is 0.408 e. The number of amides is 2. The summed E-state index contributed by atoms with van der Waals surface area (Å²) in [5.74, 6) is -1.17. The highest BCUT2D eigenvalue weighted by Gasteiger charge is 2.20. The molecule has 0 aliphatic rings. The molecule has 0 aliphatic carbocycles. The van der Waals surface area contributed by atoms with Gasteiger partial charge in [-0.05, 0) is 18.1 Å². The zero-order chi connectivity index (χ0) is 25.2. The molecule has 0 bridgehead atoms. The van der Waals surface area contributed by atoms with Gasteiger partial charge in [0, 0.05) is 17.1 Å². The number of nitrogens with one attached hydrogen (secondary N) is 2. The molecule has 0 aliphatic heterocycles. The molecular formula is C24H36N2O8. The normalized spacial score (nSPS) is 11.7. The van der Waals surface area contributed by atoms with E-state index in [0.717, 1.165) is 11.1 Å². The average molecular weight is 483 g/mol.